The highest BCUT2D eigenvalue weighted by Crippen LogP contribution is 2.35. The Bertz CT molecular complexity index is 644. The largest absolute Gasteiger partial charge is 0.493 e. The molecule has 6 nitrogen and oxygen atoms in total. The van der Waals surface area contributed by atoms with Crippen molar-refractivity contribution in [1.82, 2.24) is 0 Å². The molecule has 1 aliphatic rings. The summed E-state index contributed by atoms with van der Waals surface area (Å²) < 4.78 is 44.1. The fourth-order valence-corrected chi connectivity index (χ4v) is 4.81. The number of sulfonamides is 1. The van der Waals surface area contributed by atoms with E-state index in [1.165, 1.54) is 7.11 Å². The van der Waals surface area contributed by atoms with Gasteiger partial charge in [0.05, 0.1) is 26.0 Å². The van der Waals surface area contributed by atoms with Crippen molar-refractivity contribution in [3.05, 3.63) is 17.7 Å². The minimum Gasteiger partial charge on any atom is -0.493 e. The lowest BCUT2D eigenvalue weighted by molar-refractivity contribution is 0.0739. The van der Waals surface area contributed by atoms with Crippen LogP contribution in [-0.2, 0) is 14.8 Å². The van der Waals surface area contributed by atoms with Gasteiger partial charge in [-0.3, -0.25) is 4.72 Å². The second kappa shape index (κ2) is 7.40. The molecule has 2 atom stereocenters. The summed E-state index contributed by atoms with van der Waals surface area (Å²) in [7, 11) is 1.10. The van der Waals surface area contributed by atoms with E-state index >= 15 is 0 Å². The van der Waals surface area contributed by atoms with Gasteiger partial charge in [-0.25, -0.2) is 8.42 Å². The van der Waals surface area contributed by atoms with Gasteiger partial charge in [0.25, 0.3) is 0 Å². The van der Waals surface area contributed by atoms with Crippen molar-refractivity contribution in [1.29, 1.82) is 0 Å². The molecule has 1 aliphatic carbocycles. The van der Waals surface area contributed by atoms with Crippen LogP contribution in [0, 0.1) is 6.92 Å². The van der Waals surface area contributed by atoms with Gasteiger partial charge in [-0.2, -0.15) is 0 Å². The summed E-state index contributed by atoms with van der Waals surface area (Å²) >= 11 is 0. The van der Waals surface area contributed by atoms with Crippen LogP contribution in [0.4, 0.5) is 5.69 Å². The Balaban J connectivity index is 2.29. The van der Waals surface area contributed by atoms with Gasteiger partial charge in [0, 0.05) is 13.2 Å². The molecule has 0 aromatic heterocycles. The summed E-state index contributed by atoms with van der Waals surface area (Å²) in [5.41, 5.74) is 1.28. The molecule has 1 aromatic rings. The lowest BCUT2D eigenvalue weighted by Crippen LogP contribution is -2.41. The zero-order valence-electron chi connectivity index (χ0n) is 14.1. The highest BCUT2D eigenvalue weighted by atomic mass is 32.2. The average Bonchev–Trinajstić information content (AvgIpc) is 2.56. The summed E-state index contributed by atoms with van der Waals surface area (Å²) in [6.07, 6.45) is 3.02. The van der Waals surface area contributed by atoms with Gasteiger partial charge in [0.15, 0.2) is 11.5 Å². The maximum absolute atomic E-state index is 12.8. The van der Waals surface area contributed by atoms with Crippen LogP contribution >= 0.6 is 0 Å². The molecule has 23 heavy (non-hydrogen) atoms. The fraction of sp³-hybridized carbons (Fsp3) is 0.625. The SMILES string of the molecule is COc1cc(C)c(NS(=O)(=O)[C@@H]2CCCC[C@@H]2OC)cc1OC. The molecule has 0 spiro atoms. The van der Waals surface area contributed by atoms with E-state index in [0.717, 1.165) is 24.8 Å². The number of hydrogen-bond donors (Lipinski definition) is 1. The van der Waals surface area contributed by atoms with Crippen molar-refractivity contribution in [2.75, 3.05) is 26.1 Å². The predicted molar refractivity (Wildman–Crippen MR) is 89.9 cm³/mol. The zero-order valence-corrected chi connectivity index (χ0v) is 14.9. The Morgan fingerprint density at radius 1 is 1.04 bits per heavy atom. The van der Waals surface area contributed by atoms with Gasteiger partial charge in [0.2, 0.25) is 10.0 Å². The van der Waals surface area contributed by atoms with E-state index in [4.69, 9.17) is 14.2 Å². The van der Waals surface area contributed by atoms with Gasteiger partial charge in [-0.1, -0.05) is 12.8 Å². The van der Waals surface area contributed by atoms with Crippen LogP contribution in [0.3, 0.4) is 0 Å². The Kier molecular flexibility index (Phi) is 5.75. The highest BCUT2D eigenvalue weighted by molar-refractivity contribution is 7.93. The molecular formula is C16H25NO5S. The predicted octanol–water partition coefficient (Wildman–Crippen LogP) is 2.71. The lowest BCUT2D eigenvalue weighted by atomic mass is 9.97. The van der Waals surface area contributed by atoms with Crippen molar-refractivity contribution in [2.24, 2.45) is 0 Å². The summed E-state index contributed by atoms with van der Waals surface area (Å²) in [5, 5.41) is -0.534. The van der Waals surface area contributed by atoms with Gasteiger partial charge in [-0.05, 0) is 31.4 Å². The number of nitrogens with one attached hydrogen (secondary N) is 1. The third-order valence-corrected chi connectivity index (χ3v) is 6.17. The molecule has 0 bridgehead atoms. The first-order chi connectivity index (χ1) is 10.9. The number of methoxy groups -OCH3 is 3. The summed E-state index contributed by atoms with van der Waals surface area (Å²) in [5.74, 6) is 1.06. The number of rotatable bonds is 6. The van der Waals surface area contributed by atoms with E-state index in [0.29, 0.717) is 23.6 Å². The number of hydrogen-bond acceptors (Lipinski definition) is 5. The first-order valence-electron chi connectivity index (χ1n) is 7.70. The standard InChI is InChI=1S/C16H25NO5S/c1-11-9-14(21-3)15(22-4)10-12(11)17-23(18,19)16-8-6-5-7-13(16)20-2/h9-10,13,16-17H,5-8H2,1-4H3/t13-,16+/m0/s1. The molecule has 0 saturated heterocycles. The molecule has 0 heterocycles. The van der Waals surface area contributed by atoms with Crippen LogP contribution in [0.1, 0.15) is 31.2 Å². The maximum Gasteiger partial charge on any atom is 0.238 e. The van der Waals surface area contributed by atoms with Crippen molar-refractivity contribution in [2.45, 2.75) is 44.0 Å². The van der Waals surface area contributed by atoms with Crippen molar-refractivity contribution in [3.8, 4) is 11.5 Å². The Morgan fingerprint density at radius 3 is 2.26 bits per heavy atom. The van der Waals surface area contributed by atoms with E-state index in [-0.39, 0.29) is 6.10 Å². The van der Waals surface area contributed by atoms with E-state index in [1.54, 1.807) is 26.4 Å². The molecule has 0 amide bonds. The average molecular weight is 343 g/mol. The van der Waals surface area contributed by atoms with E-state index in [9.17, 15) is 8.42 Å². The summed E-state index contributed by atoms with van der Waals surface area (Å²) in [4.78, 5) is 0. The molecule has 0 radical (unpaired) electrons. The van der Waals surface area contributed by atoms with Crippen LogP contribution in [0.25, 0.3) is 0 Å². The number of aryl methyl sites for hydroxylation is 1. The van der Waals surface area contributed by atoms with Crippen LogP contribution in [0.2, 0.25) is 0 Å². The minimum atomic E-state index is -3.54. The number of benzene rings is 1. The van der Waals surface area contributed by atoms with Gasteiger partial charge in [0.1, 0.15) is 5.25 Å². The van der Waals surface area contributed by atoms with Crippen molar-refractivity contribution < 1.29 is 22.6 Å². The molecule has 1 saturated carbocycles. The van der Waals surface area contributed by atoms with Gasteiger partial charge in [-0.15, -0.1) is 0 Å². The molecule has 0 aliphatic heterocycles. The highest BCUT2D eigenvalue weighted by Gasteiger charge is 2.36. The smallest absolute Gasteiger partial charge is 0.238 e. The fourth-order valence-electron chi connectivity index (χ4n) is 3.01. The topological polar surface area (TPSA) is 73.9 Å². The Labute approximate surface area is 138 Å². The Morgan fingerprint density at radius 2 is 1.65 bits per heavy atom. The molecule has 1 aromatic carbocycles. The van der Waals surface area contributed by atoms with Crippen LogP contribution in [0.5, 0.6) is 11.5 Å². The maximum atomic E-state index is 12.8. The van der Waals surface area contributed by atoms with Gasteiger partial charge < -0.3 is 14.2 Å². The van der Waals surface area contributed by atoms with Crippen LogP contribution in [-0.4, -0.2) is 41.1 Å². The van der Waals surface area contributed by atoms with Gasteiger partial charge >= 0.3 is 0 Å². The monoisotopic (exact) mass is 343 g/mol. The molecule has 2 rings (SSSR count). The van der Waals surface area contributed by atoms with Crippen molar-refractivity contribution in [3.63, 3.8) is 0 Å². The van der Waals surface area contributed by atoms with E-state index < -0.39 is 15.3 Å². The third kappa shape index (κ3) is 3.90. The zero-order chi connectivity index (χ0) is 17.0. The first kappa shape index (κ1) is 17.9. The van der Waals surface area contributed by atoms with Crippen LogP contribution < -0.4 is 14.2 Å². The second-order valence-corrected chi connectivity index (χ2v) is 7.67. The lowest BCUT2D eigenvalue weighted by Gasteiger charge is -2.30. The van der Waals surface area contributed by atoms with Crippen molar-refractivity contribution >= 4 is 15.7 Å². The quantitative estimate of drug-likeness (QED) is 0.860. The second-order valence-electron chi connectivity index (χ2n) is 5.77. The molecular weight excluding hydrogens is 318 g/mol. The summed E-state index contributed by atoms with van der Waals surface area (Å²) in [6.45, 7) is 1.83. The molecule has 0 unspecified atom stereocenters. The first-order valence-corrected chi connectivity index (χ1v) is 9.24. The third-order valence-electron chi connectivity index (χ3n) is 4.33. The Hall–Kier alpha value is -1.47. The minimum absolute atomic E-state index is 0.262. The molecule has 1 N–H and O–H groups in total. The normalized spacial score (nSPS) is 21.7. The molecule has 7 heteroatoms. The summed E-state index contributed by atoms with van der Waals surface area (Å²) in [6, 6.07) is 3.40. The molecule has 1 fully saturated rings. The van der Waals surface area contributed by atoms with E-state index in [1.807, 2.05) is 6.92 Å². The van der Waals surface area contributed by atoms with Crippen LogP contribution in [0.15, 0.2) is 12.1 Å². The molecule has 130 valence electrons. The van der Waals surface area contributed by atoms with E-state index in [2.05, 4.69) is 4.72 Å². The number of ether oxygens (including phenoxy) is 3. The number of anilines is 1.